The summed E-state index contributed by atoms with van der Waals surface area (Å²) in [5.74, 6) is 0.576. The van der Waals surface area contributed by atoms with E-state index < -0.39 is 0 Å². The van der Waals surface area contributed by atoms with Gasteiger partial charge >= 0.3 is 0 Å². The molecule has 2 rings (SSSR count). The minimum absolute atomic E-state index is 0.0151. The summed E-state index contributed by atoms with van der Waals surface area (Å²) < 4.78 is 1.72. The van der Waals surface area contributed by atoms with E-state index in [0.29, 0.717) is 18.0 Å². The maximum absolute atomic E-state index is 12.6. The molecule has 5 heteroatoms. The number of pyridine rings is 1. The fourth-order valence-corrected chi connectivity index (χ4v) is 2.20. The maximum atomic E-state index is 12.6. The number of amides is 1. The van der Waals surface area contributed by atoms with Crippen LogP contribution in [0, 0.1) is 0 Å². The Kier molecular flexibility index (Phi) is 4.43. The van der Waals surface area contributed by atoms with Gasteiger partial charge in [0.1, 0.15) is 0 Å². The molecule has 0 spiro atoms. The van der Waals surface area contributed by atoms with Crippen LogP contribution in [0.2, 0.25) is 0 Å². The lowest BCUT2D eigenvalue weighted by Crippen LogP contribution is -2.37. The van der Waals surface area contributed by atoms with Crippen molar-refractivity contribution in [2.45, 2.75) is 26.3 Å². The SMILES string of the molecule is CC(C)N(CCCCl)C(=O)c1cnn2ccccc12. The number of carbonyl (C=O) groups is 1. The highest BCUT2D eigenvalue weighted by molar-refractivity contribution is 6.17. The zero-order chi connectivity index (χ0) is 13.8. The second-order valence-electron chi connectivity index (χ2n) is 4.72. The van der Waals surface area contributed by atoms with Crippen LogP contribution in [0.1, 0.15) is 30.6 Å². The van der Waals surface area contributed by atoms with Crippen LogP contribution in [0.4, 0.5) is 0 Å². The van der Waals surface area contributed by atoms with Crippen LogP contribution in [0.15, 0.2) is 30.6 Å². The second-order valence-corrected chi connectivity index (χ2v) is 5.10. The molecule has 2 aromatic rings. The van der Waals surface area contributed by atoms with Crippen molar-refractivity contribution < 1.29 is 4.79 Å². The lowest BCUT2D eigenvalue weighted by atomic mass is 10.2. The Balaban J connectivity index is 2.30. The molecule has 0 aliphatic carbocycles. The minimum Gasteiger partial charge on any atom is -0.336 e. The standard InChI is InChI=1S/C14H18ClN3O/c1-11(2)17(8-5-7-15)14(19)12-10-16-18-9-4-3-6-13(12)18/h3-4,6,9-11H,5,7-8H2,1-2H3. The van der Waals surface area contributed by atoms with Crippen molar-refractivity contribution >= 4 is 23.0 Å². The summed E-state index contributed by atoms with van der Waals surface area (Å²) >= 11 is 5.72. The van der Waals surface area contributed by atoms with Gasteiger partial charge in [-0.05, 0) is 32.4 Å². The van der Waals surface area contributed by atoms with Crippen LogP contribution < -0.4 is 0 Å². The molecular weight excluding hydrogens is 262 g/mol. The third-order valence-electron chi connectivity index (χ3n) is 3.07. The number of rotatable bonds is 5. The van der Waals surface area contributed by atoms with Crippen LogP contribution in [0.5, 0.6) is 0 Å². The van der Waals surface area contributed by atoms with Gasteiger partial charge in [0.05, 0.1) is 17.3 Å². The van der Waals surface area contributed by atoms with E-state index in [1.807, 2.05) is 43.1 Å². The molecule has 102 valence electrons. The Morgan fingerprint density at radius 2 is 2.26 bits per heavy atom. The van der Waals surface area contributed by atoms with Gasteiger partial charge in [-0.25, -0.2) is 4.52 Å². The van der Waals surface area contributed by atoms with Gasteiger partial charge in [-0.1, -0.05) is 6.07 Å². The number of alkyl halides is 1. The number of fused-ring (bicyclic) bond motifs is 1. The first-order valence-corrected chi connectivity index (χ1v) is 6.98. The molecular formula is C14H18ClN3O. The van der Waals surface area contributed by atoms with Crippen molar-refractivity contribution in [2.75, 3.05) is 12.4 Å². The Morgan fingerprint density at radius 3 is 2.95 bits per heavy atom. The summed E-state index contributed by atoms with van der Waals surface area (Å²) in [6.45, 7) is 4.69. The van der Waals surface area contributed by atoms with Gasteiger partial charge in [0.15, 0.2) is 0 Å². The third kappa shape index (κ3) is 2.89. The molecule has 0 saturated heterocycles. The van der Waals surface area contributed by atoms with Gasteiger partial charge in [-0.2, -0.15) is 5.10 Å². The molecule has 0 unspecified atom stereocenters. The van der Waals surface area contributed by atoms with E-state index in [2.05, 4.69) is 5.10 Å². The van der Waals surface area contributed by atoms with E-state index in [-0.39, 0.29) is 11.9 Å². The van der Waals surface area contributed by atoms with Crippen molar-refractivity contribution in [2.24, 2.45) is 0 Å². The van der Waals surface area contributed by atoms with E-state index >= 15 is 0 Å². The Labute approximate surface area is 118 Å². The van der Waals surface area contributed by atoms with Gasteiger partial charge in [0.2, 0.25) is 0 Å². The average molecular weight is 280 g/mol. The fourth-order valence-electron chi connectivity index (χ4n) is 2.08. The molecule has 0 radical (unpaired) electrons. The largest absolute Gasteiger partial charge is 0.336 e. The van der Waals surface area contributed by atoms with Crippen molar-refractivity contribution in [3.63, 3.8) is 0 Å². The van der Waals surface area contributed by atoms with Gasteiger partial charge in [0.25, 0.3) is 5.91 Å². The smallest absolute Gasteiger partial charge is 0.257 e. The predicted octanol–water partition coefficient (Wildman–Crippen LogP) is 2.81. The van der Waals surface area contributed by atoms with Gasteiger partial charge < -0.3 is 4.90 Å². The normalized spacial score (nSPS) is 11.2. The van der Waals surface area contributed by atoms with Crippen molar-refractivity contribution in [3.8, 4) is 0 Å². The lowest BCUT2D eigenvalue weighted by Gasteiger charge is -2.26. The number of halogens is 1. The van der Waals surface area contributed by atoms with E-state index in [1.54, 1.807) is 10.7 Å². The predicted molar refractivity (Wildman–Crippen MR) is 76.7 cm³/mol. The second kappa shape index (κ2) is 6.06. The lowest BCUT2D eigenvalue weighted by molar-refractivity contribution is 0.0708. The van der Waals surface area contributed by atoms with Crippen molar-refractivity contribution in [1.82, 2.24) is 14.5 Å². The summed E-state index contributed by atoms with van der Waals surface area (Å²) in [4.78, 5) is 14.4. The van der Waals surface area contributed by atoms with Gasteiger partial charge in [0, 0.05) is 24.7 Å². The zero-order valence-electron chi connectivity index (χ0n) is 11.2. The highest BCUT2D eigenvalue weighted by atomic mass is 35.5. The number of carbonyl (C=O) groups excluding carboxylic acids is 1. The number of hydrogen-bond acceptors (Lipinski definition) is 2. The molecule has 0 aliphatic rings. The molecule has 2 heterocycles. The van der Waals surface area contributed by atoms with Crippen molar-refractivity contribution in [1.29, 1.82) is 0 Å². The monoisotopic (exact) mass is 279 g/mol. The highest BCUT2D eigenvalue weighted by Crippen LogP contribution is 2.15. The maximum Gasteiger partial charge on any atom is 0.257 e. The van der Waals surface area contributed by atoms with Crippen LogP contribution in [-0.2, 0) is 0 Å². The first-order valence-electron chi connectivity index (χ1n) is 6.44. The summed E-state index contributed by atoms with van der Waals surface area (Å²) in [7, 11) is 0. The van der Waals surface area contributed by atoms with E-state index in [9.17, 15) is 4.79 Å². The van der Waals surface area contributed by atoms with Gasteiger partial charge in [-0.3, -0.25) is 4.79 Å². The molecule has 0 atom stereocenters. The molecule has 0 aromatic carbocycles. The molecule has 0 N–H and O–H groups in total. The molecule has 19 heavy (non-hydrogen) atoms. The molecule has 0 aliphatic heterocycles. The summed E-state index contributed by atoms with van der Waals surface area (Å²) in [6, 6.07) is 5.85. The topological polar surface area (TPSA) is 37.6 Å². The first-order chi connectivity index (χ1) is 9.15. The number of nitrogens with zero attached hydrogens (tertiary/aromatic N) is 3. The minimum atomic E-state index is 0.0151. The van der Waals surface area contributed by atoms with E-state index in [0.717, 1.165) is 11.9 Å². The summed E-state index contributed by atoms with van der Waals surface area (Å²) in [6.07, 6.45) is 4.27. The van der Waals surface area contributed by atoms with E-state index in [4.69, 9.17) is 11.6 Å². The summed E-state index contributed by atoms with van der Waals surface area (Å²) in [5, 5.41) is 4.20. The Hall–Kier alpha value is -1.55. The Morgan fingerprint density at radius 1 is 1.47 bits per heavy atom. The molecule has 2 aromatic heterocycles. The van der Waals surface area contributed by atoms with Crippen molar-refractivity contribution in [3.05, 3.63) is 36.2 Å². The first kappa shape index (κ1) is 13.9. The van der Waals surface area contributed by atoms with Crippen LogP contribution in [0.3, 0.4) is 0 Å². The van der Waals surface area contributed by atoms with Gasteiger partial charge in [-0.15, -0.1) is 11.6 Å². The molecule has 0 saturated carbocycles. The van der Waals surface area contributed by atoms with Crippen LogP contribution in [-0.4, -0.2) is 38.9 Å². The quantitative estimate of drug-likeness (QED) is 0.789. The third-order valence-corrected chi connectivity index (χ3v) is 3.34. The van der Waals surface area contributed by atoms with E-state index in [1.165, 1.54) is 0 Å². The number of aromatic nitrogens is 2. The molecule has 4 nitrogen and oxygen atoms in total. The fraction of sp³-hybridized carbons (Fsp3) is 0.429. The van der Waals surface area contributed by atoms with Crippen LogP contribution in [0.25, 0.3) is 5.52 Å². The summed E-state index contributed by atoms with van der Waals surface area (Å²) in [5.41, 5.74) is 1.48. The number of hydrogen-bond donors (Lipinski definition) is 0. The molecule has 0 bridgehead atoms. The zero-order valence-corrected chi connectivity index (χ0v) is 12.0. The highest BCUT2D eigenvalue weighted by Gasteiger charge is 2.21. The van der Waals surface area contributed by atoms with Crippen LogP contribution >= 0.6 is 11.6 Å². The molecule has 1 amide bonds. The molecule has 0 fully saturated rings. The Bertz CT molecular complexity index is 565. The average Bonchev–Trinajstić information content (AvgIpc) is 2.82.